The summed E-state index contributed by atoms with van der Waals surface area (Å²) >= 11 is 5.87. The van der Waals surface area contributed by atoms with E-state index < -0.39 is 11.7 Å². The number of carbonyl (C=O) groups is 1. The highest BCUT2D eigenvalue weighted by molar-refractivity contribution is 6.30. The summed E-state index contributed by atoms with van der Waals surface area (Å²) in [6, 6.07) is 17.1. The Hall–Kier alpha value is -1.92. The zero-order valence-electron chi connectivity index (χ0n) is 15.4. The molecule has 2 aromatic rings. The number of hydrogen-bond acceptors (Lipinski definition) is 4. The third-order valence-electron chi connectivity index (χ3n) is 4.94. The topological polar surface area (TPSA) is 64.0 Å². The van der Waals surface area contributed by atoms with Gasteiger partial charge in [-0.05, 0) is 30.3 Å². The number of likely N-dealkylation sites (N-methyl/N-ethyl adjacent to an activating group) is 1. The lowest BCUT2D eigenvalue weighted by Gasteiger charge is -2.31. The number of carbonyl (C=O) groups excluding carboxylic acids is 1. The summed E-state index contributed by atoms with van der Waals surface area (Å²) in [5, 5.41) is 21.9. The SMILES string of the molecule is CN(Cc1ccccc1)C[C@]1(O)CN(C(=O)Cc2ccc(Cl)cc2)C[C@H]1O. The van der Waals surface area contributed by atoms with Crippen LogP contribution in [0.3, 0.4) is 0 Å². The van der Waals surface area contributed by atoms with E-state index >= 15 is 0 Å². The fraction of sp³-hybridized carbons (Fsp3) is 0.381. The van der Waals surface area contributed by atoms with E-state index in [9.17, 15) is 15.0 Å². The van der Waals surface area contributed by atoms with Gasteiger partial charge in [-0.1, -0.05) is 54.1 Å². The van der Waals surface area contributed by atoms with Crippen LogP contribution >= 0.6 is 11.6 Å². The molecule has 144 valence electrons. The monoisotopic (exact) mass is 388 g/mol. The van der Waals surface area contributed by atoms with Crippen molar-refractivity contribution < 1.29 is 15.0 Å². The van der Waals surface area contributed by atoms with Crippen LogP contribution in [-0.4, -0.2) is 64.3 Å². The first-order valence-corrected chi connectivity index (χ1v) is 9.39. The van der Waals surface area contributed by atoms with Crippen LogP contribution in [0, 0.1) is 0 Å². The minimum atomic E-state index is -1.33. The molecule has 1 fully saturated rings. The van der Waals surface area contributed by atoms with Crippen molar-refractivity contribution in [3.8, 4) is 0 Å². The molecule has 1 saturated heterocycles. The van der Waals surface area contributed by atoms with Crippen LogP contribution in [-0.2, 0) is 17.8 Å². The fourth-order valence-corrected chi connectivity index (χ4v) is 3.66. The molecule has 0 saturated carbocycles. The average molecular weight is 389 g/mol. The molecule has 0 spiro atoms. The number of amides is 1. The maximum absolute atomic E-state index is 12.6. The van der Waals surface area contributed by atoms with Gasteiger partial charge in [-0.25, -0.2) is 0 Å². The Morgan fingerprint density at radius 3 is 2.52 bits per heavy atom. The Bertz CT molecular complexity index is 769. The van der Waals surface area contributed by atoms with Crippen LogP contribution in [0.4, 0.5) is 0 Å². The normalized spacial score (nSPS) is 22.4. The van der Waals surface area contributed by atoms with Crippen molar-refractivity contribution >= 4 is 17.5 Å². The number of aliphatic hydroxyl groups is 2. The molecule has 27 heavy (non-hydrogen) atoms. The predicted octanol–water partition coefficient (Wildman–Crippen LogP) is 1.95. The Balaban J connectivity index is 1.58. The molecule has 6 heteroatoms. The first-order chi connectivity index (χ1) is 12.9. The smallest absolute Gasteiger partial charge is 0.227 e. The molecular formula is C21H25ClN2O3. The van der Waals surface area contributed by atoms with Crippen LogP contribution in [0.15, 0.2) is 54.6 Å². The van der Waals surface area contributed by atoms with Crippen molar-refractivity contribution in [3.63, 3.8) is 0 Å². The van der Waals surface area contributed by atoms with Crippen LogP contribution in [0.25, 0.3) is 0 Å². The van der Waals surface area contributed by atoms with Crippen molar-refractivity contribution in [3.05, 3.63) is 70.7 Å². The van der Waals surface area contributed by atoms with Gasteiger partial charge in [-0.15, -0.1) is 0 Å². The van der Waals surface area contributed by atoms with E-state index in [0.717, 1.165) is 11.1 Å². The molecule has 1 aliphatic heterocycles. The van der Waals surface area contributed by atoms with E-state index in [1.165, 1.54) is 4.90 Å². The second-order valence-corrected chi connectivity index (χ2v) is 7.79. The Kier molecular flexibility index (Phi) is 6.17. The highest BCUT2D eigenvalue weighted by Crippen LogP contribution is 2.24. The highest BCUT2D eigenvalue weighted by atomic mass is 35.5. The van der Waals surface area contributed by atoms with E-state index in [0.29, 0.717) is 11.6 Å². The second-order valence-electron chi connectivity index (χ2n) is 7.35. The van der Waals surface area contributed by atoms with Gasteiger partial charge >= 0.3 is 0 Å². The molecule has 2 atom stereocenters. The molecule has 1 amide bonds. The second kappa shape index (κ2) is 8.40. The maximum atomic E-state index is 12.6. The molecule has 2 N–H and O–H groups in total. The number of rotatable bonds is 6. The van der Waals surface area contributed by atoms with Crippen molar-refractivity contribution in [2.75, 3.05) is 26.7 Å². The van der Waals surface area contributed by atoms with Gasteiger partial charge in [0.1, 0.15) is 11.7 Å². The fourth-order valence-electron chi connectivity index (χ4n) is 3.53. The number of aliphatic hydroxyl groups excluding tert-OH is 1. The lowest BCUT2D eigenvalue weighted by atomic mass is 9.99. The van der Waals surface area contributed by atoms with E-state index in [1.807, 2.05) is 54.4 Å². The summed E-state index contributed by atoms with van der Waals surface area (Å²) < 4.78 is 0. The number of likely N-dealkylation sites (tertiary alicyclic amines) is 1. The van der Waals surface area contributed by atoms with Crippen LogP contribution in [0.1, 0.15) is 11.1 Å². The molecule has 0 aliphatic carbocycles. The largest absolute Gasteiger partial charge is 0.388 e. The molecule has 1 heterocycles. The van der Waals surface area contributed by atoms with Crippen molar-refractivity contribution in [1.82, 2.24) is 9.80 Å². The summed E-state index contributed by atoms with van der Waals surface area (Å²) in [6.07, 6.45) is -0.746. The molecule has 0 bridgehead atoms. The standard InChI is InChI=1S/C21H25ClN2O3/c1-23(12-17-5-3-2-4-6-17)14-21(27)15-24(13-19(21)25)20(26)11-16-7-9-18(22)10-8-16/h2-10,19,25,27H,11-15H2,1H3/t19-,21+/m1/s1. The van der Waals surface area contributed by atoms with Crippen molar-refractivity contribution in [2.45, 2.75) is 24.7 Å². The molecule has 1 aliphatic rings. The van der Waals surface area contributed by atoms with Gasteiger partial charge in [0.05, 0.1) is 13.0 Å². The Morgan fingerprint density at radius 2 is 1.85 bits per heavy atom. The van der Waals surface area contributed by atoms with E-state index in [1.54, 1.807) is 12.1 Å². The lowest BCUT2D eigenvalue weighted by Crippen LogP contribution is -2.50. The Morgan fingerprint density at radius 1 is 1.19 bits per heavy atom. The summed E-state index contributed by atoms with van der Waals surface area (Å²) in [4.78, 5) is 16.1. The van der Waals surface area contributed by atoms with Gasteiger partial charge < -0.3 is 15.1 Å². The number of benzene rings is 2. The number of nitrogens with zero attached hydrogens (tertiary/aromatic N) is 2. The molecule has 2 aromatic carbocycles. The van der Waals surface area contributed by atoms with Crippen molar-refractivity contribution in [1.29, 1.82) is 0 Å². The van der Waals surface area contributed by atoms with Gasteiger partial charge in [0.25, 0.3) is 0 Å². The number of halogens is 1. The molecular weight excluding hydrogens is 364 g/mol. The van der Waals surface area contributed by atoms with Gasteiger partial charge in [0, 0.05) is 24.7 Å². The Labute approximate surface area is 164 Å². The first-order valence-electron chi connectivity index (χ1n) is 9.01. The lowest BCUT2D eigenvalue weighted by molar-refractivity contribution is -0.130. The molecule has 3 rings (SSSR count). The molecule has 0 radical (unpaired) electrons. The quantitative estimate of drug-likeness (QED) is 0.794. The van der Waals surface area contributed by atoms with Gasteiger partial charge in [0.2, 0.25) is 5.91 Å². The molecule has 0 unspecified atom stereocenters. The zero-order chi connectivity index (χ0) is 19.4. The first kappa shape index (κ1) is 19.8. The summed E-state index contributed by atoms with van der Waals surface area (Å²) in [7, 11) is 1.90. The van der Waals surface area contributed by atoms with Gasteiger partial charge in [-0.2, -0.15) is 0 Å². The highest BCUT2D eigenvalue weighted by Gasteiger charge is 2.46. The number of β-amino-alcohol motifs (C(OH)–C–C–N with tert-alkyl or cyclic N) is 2. The van der Waals surface area contributed by atoms with Crippen LogP contribution < -0.4 is 0 Å². The minimum absolute atomic E-state index is 0.113. The van der Waals surface area contributed by atoms with Crippen LogP contribution in [0.2, 0.25) is 5.02 Å². The van der Waals surface area contributed by atoms with Gasteiger partial charge in [-0.3, -0.25) is 9.69 Å². The minimum Gasteiger partial charge on any atom is -0.388 e. The third-order valence-corrected chi connectivity index (χ3v) is 5.19. The summed E-state index contributed by atoms with van der Waals surface area (Å²) in [6.45, 7) is 1.21. The molecule has 0 aromatic heterocycles. The van der Waals surface area contributed by atoms with E-state index in [-0.39, 0.29) is 32.0 Å². The molecule has 5 nitrogen and oxygen atoms in total. The average Bonchev–Trinajstić information content (AvgIpc) is 2.92. The van der Waals surface area contributed by atoms with E-state index in [2.05, 4.69) is 0 Å². The third kappa shape index (κ3) is 5.08. The predicted molar refractivity (Wildman–Crippen MR) is 105 cm³/mol. The van der Waals surface area contributed by atoms with Crippen LogP contribution in [0.5, 0.6) is 0 Å². The maximum Gasteiger partial charge on any atom is 0.227 e. The summed E-state index contributed by atoms with van der Waals surface area (Å²) in [5.74, 6) is -0.113. The zero-order valence-corrected chi connectivity index (χ0v) is 16.1. The number of hydrogen-bond donors (Lipinski definition) is 2. The van der Waals surface area contributed by atoms with E-state index in [4.69, 9.17) is 11.6 Å². The van der Waals surface area contributed by atoms with Crippen molar-refractivity contribution in [2.24, 2.45) is 0 Å². The summed E-state index contributed by atoms with van der Waals surface area (Å²) in [5.41, 5.74) is 0.654. The van der Waals surface area contributed by atoms with Gasteiger partial charge in [0.15, 0.2) is 0 Å².